The van der Waals surface area contributed by atoms with Gasteiger partial charge in [-0.15, -0.1) is 10.2 Å². The van der Waals surface area contributed by atoms with Gasteiger partial charge in [0.1, 0.15) is 6.54 Å². The third kappa shape index (κ3) is 5.56. The number of carbonyl (C=O) groups excluding carboxylic acids is 1. The van der Waals surface area contributed by atoms with E-state index in [-0.39, 0.29) is 30.2 Å². The van der Waals surface area contributed by atoms with Crippen molar-refractivity contribution < 1.29 is 23.0 Å². The first kappa shape index (κ1) is 20.8. The molecule has 11 heteroatoms. The van der Waals surface area contributed by atoms with Crippen LogP contribution in [-0.4, -0.2) is 45.5 Å². The van der Waals surface area contributed by atoms with Gasteiger partial charge >= 0.3 is 6.61 Å². The molecule has 0 saturated heterocycles. The van der Waals surface area contributed by atoms with Crippen LogP contribution in [0, 0.1) is 0 Å². The van der Waals surface area contributed by atoms with Crippen LogP contribution < -0.4 is 14.9 Å². The van der Waals surface area contributed by atoms with Gasteiger partial charge in [0.05, 0.1) is 12.8 Å². The van der Waals surface area contributed by atoms with Crippen molar-refractivity contribution in [3.8, 4) is 22.9 Å². The predicted octanol–water partition coefficient (Wildman–Crippen LogP) is 2.49. The van der Waals surface area contributed by atoms with E-state index in [2.05, 4.69) is 30.7 Å². The van der Waals surface area contributed by atoms with Gasteiger partial charge in [0.15, 0.2) is 11.5 Å². The maximum Gasteiger partial charge on any atom is 0.387 e. The molecule has 3 aromatic rings. The minimum absolute atomic E-state index is 0.147. The lowest BCUT2D eigenvalue weighted by Gasteiger charge is -2.13. The molecule has 156 valence electrons. The summed E-state index contributed by atoms with van der Waals surface area (Å²) in [7, 11) is 0. The Bertz CT molecular complexity index is 1010. The lowest BCUT2D eigenvalue weighted by molar-refractivity contribution is -0.122. The molecular weight excluding hydrogens is 398 g/mol. The van der Waals surface area contributed by atoms with Crippen molar-refractivity contribution in [3.05, 3.63) is 54.1 Å². The highest BCUT2D eigenvalue weighted by Crippen LogP contribution is 2.31. The zero-order valence-electron chi connectivity index (χ0n) is 15.9. The molecule has 1 N–H and O–H groups in total. The first-order chi connectivity index (χ1) is 14.6. The van der Waals surface area contributed by atoms with Gasteiger partial charge in [0.2, 0.25) is 5.82 Å². The second-order valence-electron chi connectivity index (χ2n) is 5.79. The van der Waals surface area contributed by atoms with E-state index in [9.17, 15) is 13.6 Å². The number of amides is 1. The average molecular weight is 416 g/mol. The molecule has 0 bridgehead atoms. The van der Waals surface area contributed by atoms with E-state index < -0.39 is 12.5 Å². The van der Waals surface area contributed by atoms with Crippen LogP contribution in [0.25, 0.3) is 11.4 Å². The second-order valence-corrected chi connectivity index (χ2v) is 5.79. The van der Waals surface area contributed by atoms with Crippen molar-refractivity contribution in [1.82, 2.24) is 25.6 Å². The minimum atomic E-state index is -3.04. The third-order valence-electron chi connectivity index (χ3n) is 3.68. The van der Waals surface area contributed by atoms with Gasteiger partial charge in [-0.3, -0.25) is 4.79 Å². The number of halogens is 2. The number of tetrazole rings is 1. The van der Waals surface area contributed by atoms with Crippen molar-refractivity contribution in [2.45, 2.75) is 20.1 Å². The fourth-order valence-electron chi connectivity index (χ4n) is 2.47. The highest BCUT2D eigenvalue weighted by atomic mass is 19.3. The van der Waals surface area contributed by atoms with Crippen LogP contribution in [0.2, 0.25) is 0 Å². The molecule has 0 saturated carbocycles. The van der Waals surface area contributed by atoms with Gasteiger partial charge < -0.3 is 9.47 Å². The standard InChI is InChI=1S/C19H18F2N6O3/c1-2-29-15-10-6-9-14(17(15)30-19(20)21)11-22-23-16(28)12-27-25-18(24-26-27)13-7-4-3-5-8-13/h3-11,19H,2,12H2,1H3,(H,23,28)/b22-11-. The van der Waals surface area contributed by atoms with Crippen molar-refractivity contribution in [2.24, 2.45) is 5.10 Å². The van der Waals surface area contributed by atoms with Gasteiger partial charge in [0.25, 0.3) is 5.91 Å². The minimum Gasteiger partial charge on any atom is -0.490 e. The summed E-state index contributed by atoms with van der Waals surface area (Å²) in [6, 6.07) is 13.8. The number of aromatic nitrogens is 4. The SMILES string of the molecule is CCOc1cccc(/C=N\NC(=O)Cn2nnc(-c3ccccc3)n2)c1OC(F)F. The van der Waals surface area contributed by atoms with Gasteiger partial charge in [0, 0.05) is 11.1 Å². The van der Waals surface area contributed by atoms with E-state index in [1.54, 1.807) is 13.0 Å². The molecule has 2 aromatic carbocycles. The van der Waals surface area contributed by atoms with Crippen molar-refractivity contribution in [3.63, 3.8) is 0 Å². The molecule has 1 aromatic heterocycles. The summed E-state index contributed by atoms with van der Waals surface area (Å²) in [5.74, 6) is -0.167. The number of benzene rings is 2. The molecule has 0 spiro atoms. The normalized spacial score (nSPS) is 11.1. The van der Waals surface area contributed by atoms with Crippen molar-refractivity contribution in [2.75, 3.05) is 6.61 Å². The number of ether oxygens (including phenoxy) is 2. The summed E-state index contributed by atoms with van der Waals surface area (Å²) in [6.07, 6.45) is 1.18. The zero-order valence-corrected chi connectivity index (χ0v) is 15.9. The fraction of sp³-hybridized carbons (Fsp3) is 0.211. The molecule has 0 fully saturated rings. The highest BCUT2D eigenvalue weighted by Gasteiger charge is 2.15. The molecule has 0 atom stereocenters. The molecule has 0 aliphatic carbocycles. The van der Waals surface area contributed by atoms with Gasteiger partial charge in [-0.05, 0) is 24.3 Å². The molecule has 1 heterocycles. The third-order valence-corrected chi connectivity index (χ3v) is 3.68. The maximum atomic E-state index is 12.7. The van der Waals surface area contributed by atoms with Crippen LogP contribution in [-0.2, 0) is 11.3 Å². The largest absolute Gasteiger partial charge is 0.490 e. The Morgan fingerprint density at radius 3 is 2.77 bits per heavy atom. The second kappa shape index (κ2) is 10.0. The van der Waals surface area contributed by atoms with Crippen LogP contribution in [0.5, 0.6) is 11.5 Å². The predicted molar refractivity (Wildman–Crippen MR) is 103 cm³/mol. The molecule has 3 rings (SSSR count). The molecule has 30 heavy (non-hydrogen) atoms. The molecule has 0 aliphatic heterocycles. The van der Waals surface area contributed by atoms with Gasteiger partial charge in [-0.1, -0.05) is 36.4 Å². The van der Waals surface area contributed by atoms with Crippen LogP contribution in [0.15, 0.2) is 53.6 Å². The topological polar surface area (TPSA) is 104 Å². The molecular formula is C19H18F2N6O3. The first-order valence-electron chi connectivity index (χ1n) is 8.92. The molecule has 0 unspecified atom stereocenters. The Balaban J connectivity index is 1.63. The molecule has 0 aliphatic rings. The van der Waals surface area contributed by atoms with E-state index in [4.69, 9.17) is 4.74 Å². The first-order valence-corrected chi connectivity index (χ1v) is 8.92. The van der Waals surface area contributed by atoms with Crippen molar-refractivity contribution in [1.29, 1.82) is 0 Å². The summed E-state index contributed by atoms with van der Waals surface area (Å²) in [5, 5.41) is 15.6. The molecule has 1 amide bonds. The summed E-state index contributed by atoms with van der Waals surface area (Å²) in [5.41, 5.74) is 3.26. The quantitative estimate of drug-likeness (QED) is 0.425. The maximum absolute atomic E-state index is 12.7. The lowest BCUT2D eigenvalue weighted by Crippen LogP contribution is -2.24. The summed E-state index contributed by atoms with van der Waals surface area (Å²) in [4.78, 5) is 13.2. The summed E-state index contributed by atoms with van der Waals surface area (Å²) >= 11 is 0. The summed E-state index contributed by atoms with van der Waals surface area (Å²) in [6.45, 7) is -1.27. The van der Waals surface area contributed by atoms with Crippen LogP contribution in [0.4, 0.5) is 8.78 Å². The number of nitrogens with one attached hydrogen (secondary N) is 1. The smallest absolute Gasteiger partial charge is 0.387 e. The summed E-state index contributed by atoms with van der Waals surface area (Å²) < 4.78 is 35.3. The number of carbonyl (C=O) groups is 1. The molecule has 9 nitrogen and oxygen atoms in total. The van der Waals surface area contributed by atoms with E-state index in [1.165, 1.54) is 18.3 Å². The van der Waals surface area contributed by atoms with E-state index in [1.807, 2.05) is 30.3 Å². The highest BCUT2D eigenvalue weighted by molar-refractivity contribution is 5.86. The Kier molecular flexibility index (Phi) is 6.98. The van der Waals surface area contributed by atoms with Crippen molar-refractivity contribution >= 4 is 12.1 Å². The van der Waals surface area contributed by atoms with Gasteiger partial charge in [-0.2, -0.15) is 18.7 Å². The Hall–Kier alpha value is -3.89. The van der Waals surface area contributed by atoms with Gasteiger partial charge in [-0.25, -0.2) is 5.43 Å². The van der Waals surface area contributed by atoms with E-state index in [0.717, 1.165) is 10.4 Å². The number of nitrogens with zero attached hydrogens (tertiary/aromatic N) is 5. The van der Waals surface area contributed by atoms with E-state index in [0.29, 0.717) is 5.82 Å². The average Bonchev–Trinajstić information content (AvgIpc) is 3.19. The number of rotatable bonds is 9. The van der Waals surface area contributed by atoms with Crippen LogP contribution in [0.3, 0.4) is 0 Å². The monoisotopic (exact) mass is 416 g/mol. The Labute approximate surface area is 170 Å². The number of hydrogen-bond acceptors (Lipinski definition) is 7. The number of hydrogen-bond donors (Lipinski definition) is 1. The number of hydrazone groups is 1. The fourth-order valence-corrected chi connectivity index (χ4v) is 2.47. The van der Waals surface area contributed by atoms with E-state index >= 15 is 0 Å². The van der Waals surface area contributed by atoms with Crippen LogP contribution >= 0.6 is 0 Å². The lowest BCUT2D eigenvalue weighted by atomic mass is 10.2. The Morgan fingerprint density at radius 2 is 2.03 bits per heavy atom. The van der Waals surface area contributed by atoms with Crippen LogP contribution in [0.1, 0.15) is 12.5 Å². The Morgan fingerprint density at radius 1 is 1.23 bits per heavy atom. The number of para-hydroxylation sites is 1. The zero-order chi connectivity index (χ0) is 21.3. The molecule has 0 radical (unpaired) electrons. The number of alkyl halides is 2.